The minimum absolute atomic E-state index is 0.0460. The third-order valence-corrected chi connectivity index (χ3v) is 3.50. The average molecular weight is 317 g/mol. The molecule has 0 spiro atoms. The van der Waals surface area contributed by atoms with E-state index < -0.39 is 27.3 Å². The molecule has 0 heterocycles. The Morgan fingerprint density at radius 1 is 1.37 bits per heavy atom. The fraction of sp³-hybridized carbons (Fsp3) is 0.333. The van der Waals surface area contributed by atoms with Gasteiger partial charge in [0.1, 0.15) is 6.04 Å². The van der Waals surface area contributed by atoms with Crippen molar-refractivity contribution in [2.24, 2.45) is 5.18 Å². The van der Waals surface area contributed by atoms with Crippen molar-refractivity contribution in [1.29, 1.82) is 0 Å². The highest BCUT2D eigenvalue weighted by Crippen LogP contribution is 2.32. The van der Waals surface area contributed by atoms with Crippen LogP contribution in [0.2, 0.25) is 5.02 Å². The molecule has 1 atom stereocenters. The van der Waals surface area contributed by atoms with Crippen molar-refractivity contribution >= 4 is 27.3 Å². The molecule has 0 aliphatic carbocycles. The first-order valence-corrected chi connectivity index (χ1v) is 6.65. The van der Waals surface area contributed by atoms with E-state index in [0.717, 1.165) is 6.07 Å². The van der Waals surface area contributed by atoms with Crippen molar-refractivity contribution in [1.82, 2.24) is 0 Å². The van der Waals surface area contributed by atoms with E-state index in [2.05, 4.69) is 5.18 Å². The first kappa shape index (κ1) is 15.7. The van der Waals surface area contributed by atoms with Gasteiger partial charge in [0, 0.05) is 10.6 Å². The molecule has 0 saturated heterocycles. The number of nitrogens with one attached hydrogen (secondary N) is 1. The van der Waals surface area contributed by atoms with Gasteiger partial charge in [0.2, 0.25) is 0 Å². The molecule has 5 nitrogen and oxygen atoms in total. The van der Waals surface area contributed by atoms with Crippen LogP contribution in [0.3, 0.4) is 0 Å². The number of halogens is 4. The van der Waals surface area contributed by atoms with Gasteiger partial charge in [-0.2, -0.15) is 26.5 Å². The minimum Gasteiger partial charge on any atom is -0.276 e. The molecule has 0 aliphatic heterocycles. The maximum atomic E-state index is 12.3. The largest absolute Gasteiger partial charge is 0.516 e. The molecule has 1 aromatic carbocycles. The SMILES string of the molecule is CC(N=O)c1cc(Cl)ccc1NS(=O)(=O)C(F)(F)F. The third kappa shape index (κ3) is 3.57. The fourth-order valence-corrected chi connectivity index (χ4v) is 2.00. The van der Waals surface area contributed by atoms with E-state index in [1.54, 1.807) is 0 Å². The van der Waals surface area contributed by atoms with Gasteiger partial charge >= 0.3 is 15.5 Å². The predicted molar refractivity (Wildman–Crippen MR) is 64.3 cm³/mol. The summed E-state index contributed by atoms with van der Waals surface area (Å²) in [6.07, 6.45) is 0. The summed E-state index contributed by atoms with van der Waals surface area (Å²) >= 11 is 5.64. The van der Waals surface area contributed by atoms with E-state index in [9.17, 15) is 26.5 Å². The van der Waals surface area contributed by atoms with E-state index in [0.29, 0.717) is 0 Å². The monoisotopic (exact) mass is 316 g/mol. The molecule has 1 rings (SSSR count). The van der Waals surface area contributed by atoms with E-state index in [1.807, 2.05) is 0 Å². The molecule has 0 fully saturated rings. The van der Waals surface area contributed by atoms with Crippen molar-refractivity contribution in [2.75, 3.05) is 4.72 Å². The summed E-state index contributed by atoms with van der Waals surface area (Å²) in [7, 11) is -5.56. The predicted octanol–water partition coefficient (Wildman–Crippen LogP) is 3.43. The fourth-order valence-electron chi connectivity index (χ4n) is 1.23. The maximum absolute atomic E-state index is 12.3. The number of rotatable bonds is 4. The average Bonchev–Trinajstić information content (AvgIpc) is 2.28. The number of benzene rings is 1. The Balaban J connectivity index is 3.26. The van der Waals surface area contributed by atoms with Gasteiger partial charge in [-0.05, 0) is 25.1 Å². The van der Waals surface area contributed by atoms with Crippen molar-refractivity contribution in [3.8, 4) is 0 Å². The highest BCUT2D eigenvalue weighted by atomic mass is 35.5. The van der Waals surface area contributed by atoms with Crippen LogP contribution in [-0.4, -0.2) is 13.9 Å². The Morgan fingerprint density at radius 2 is 1.95 bits per heavy atom. The van der Waals surface area contributed by atoms with Gasteiger partial charge in [-0.1, -0.05) is 16.8 Å². The quantitative estimate of drug-likeness (QED) is 0.865. The maximum Gasteiger partial charge on any atom is 0.516 e. The lowest BCUT2D eigenvalue weighted by Gasteiger charge is -2.15. The number of sulfonamides is 1. The molecule has 0 bridgehead atoms. The van der Waals surface area contributed by atoms with Crippen molar-refractivity contribution < 1.29 is 21.6 Å². The van der Waals surface area contributed by atoms with E-state index >= 15 is 0 Å². The molecule has 1 N–H and O–H groups in total. The summed E-state index contributed by atoms with van der Waals surface area (Å²) in [6.45, 7) is 1.30. The Bertz CT molecular complexity index is 589. The lowest BCUT2D eigenvalue weighted by atomic mass is 10.1. The first-order valence-electron chi connectivity index (χ1n) is 4.79. The van der Waals surface area contributed by atoms with Crippen LogP contribution in [-0.2, 0) is 10.0 Å². The topological polar surface area (TPSA) is 75.6 Å². The summed E-state index contributed by atoms with van der Waals surface area (Å²) in [5.41, 5.74) is -5.90. The summed E-state index contributed by atoms with van der Waals surface area (Å²) in [6, 6.07) is 2.34. The van der Waals surface area contributed by atoms with Gasteiger partial charge in [-0.15, -0.1) is 0 Å². The van der Waals surface area contributed by atoms with Crippen LogP contribution in [0.25, 0.3) is 0 Å². The lowest BCUT2D eigenvalue weighted by Crippen LogP contribution is -2.30. The molecule has 0 saturated carbocycles. The van der Waals surface area contributed by atoms with Gasteiger partial charge in [0.05, 0.1) is 5.69 Å². The number of anilines is 1. The Hall–Kier alpha value is -1.35. The standard InChI is InChI=1S/C9H8ClF3N2O3S/c1-5(14-16)7-4-6(10)2-3-8(7)15-19(17,18)9(11,12)13/h2-5,15H,1H3. The van der Waals surface area contributed by atoms with Crippen LogP contribution in [0, 0.1) is 4.91 Å². The van der Waals surface area contributed by atoms with Crippen molar-refractivity contribution in [2.45, 2.75) is 18.5 Å². The second-order valence-electron chi connectivity index (χ2n) is 3.56. The lowest BCUT2D eigenvalue weighted by molar-refractivity contribution is -0.0429. The molecular weight excluding hydrogens is 309 g/mol. The van der Waals surface area contributed by atoms with Crippen molar-refractivity contribution in [3.05, 3.63) is 33.7 Å². The minimum atomic E-state index is -5.56. The van der Waals surface area contributed by atoms with Crippen LogP contribution in [0.5, 0.6) is 0 Å². The molecule has 19 heavy (non-hydrogen) atoms. The van der Waals surface area contributed by atoms with Crippen LogP contribution >= 0.6 is 11.6 Å². The van der Waals surface area contributed by atoms with Gasteiger partial charge in [0.25, 0.3) is 0 Å². The van der Waals surface area contributed by atoms with Gasteiger partial charge in [-0.3, -0.25) is 4.72 Å². The van der Waals surface area contributed by atoms with E-state index in [-0.39, 0.29) is 10.6 Å². The second kappa shape index (κ2) is 5.33. The van der Waals surface area contributed by atoms with Crippen LogP contribution in [0.1, 0.15) is 18.5 Å². The van der Waals surface area contributed by atoms with Gasteiger partial charge in [0.15, 0.2) is 0 Å². The molecule has 0 amide bonds. The third-order valence-electron chi connectivity index (χ3n) is 2.17. The summed E-state index contributed by atoms with van der Waals surface area (Å²) in [4.78, 5) is 10.4. The molecule has 10 heteroatoms. The van der Waals surface area contributed by atoms with Crippen molar-refractivity contribution in [3.63, 3.8) is 0 Å². The Kier molecular flexibility index (Phi) is 4.41. The summed E-state index contributed by atoms with van der Waals surface area (Å²) in [5.74, 6) is 0. The zero-order valence-electron chi connectivity index (χ0n) is 9.40. The van der Waals surface area contributed by atoms with Crippen LogP contribution < -0.4 is 4.72 Å². The smallest absolute Gasteiger partial charge is 0.276 e. The van der Waals surface area contributed by atoms with Crippen LogP contribution in [0.15, 0.2) is 23.4 Å². The number of alkyl halides is 3. The zero-order valence-corrected chi connectivity index (χ0v) is 11.0. The normalized spacial score (nSPS) is 13.9. The zero-order chi connectivity index (χ0) is 14.8. The summed E-state index contributed by atoms with van der Waals surface area (Å²) in [5, 5.41) is 2.77. The number of hydrogen-bond acceptors (Lipinski definition) is 4. The summed E-state index contributed by atoms with van der Waals surface area (Å²) < 4.78 is 60.1. The number of nitroso groups, excluding NO2 is 1. The second-order valence-corrected chi connectivity index (χ2v) is 5.67. The van der Waals surface area contributed by atoms with E-state index in [4.69, 9.17) is 11.6 Å². The van der Waals surface area contributed by atoms with Gasteiger partial charge in [-0.25, -0.2) is 0 Å². The van der Waals surface area contributed by atoms with Gasteiger partial charge < -0.3 is 0 Å². The molecule has 0 radical (unpaired) electrons. The number of nitrogens with zero attached hydrogens (tertiary/aromatic N) is 1. The Labute approximate surface area is 111 Å². The molecule has 0 aliphatic rings. The number of hydrogen-bond donors (Lipinski definition) is 1. The molecule has 0 aromatic heterocycles. The molecule has 1 unspecified atom stereocenters. The Morgan fingerprint density at radius 3 is 2.42 bits per heavy atom. The molecular formula is C9H8ClF3N2O3S. The van der Waals surface area contributed by atoms with E-state index in [1.165, 1.54) is 23.8 Å². The highest BCUT2D eigenvalue weighted by Gasteiger charge is 2.46. The van der Waals surface area contributed by atoms with Crippen LogP contribution in [0.4, 0.5) is 18.9 Å². The molecule has 1 aromatic rings. The molecule has 106 valence electrons. The highest BCUT2D eigenvalue weighted by molar-refractivity contribution is 7.93. The first-order chi connectivity index (χ1) is 8.58.